The monoisotopic (exact) mass is 327 g/mol. The van der Waals surface area contributed by atoms with E-state index in [0.29, 0.717) is 34.7 Å². The van der Waals surface area contributed by atoms with Crippen molar-refractivity contribution in [2.24, 2.45) is 5.92 Å². The molecule has 1 heterocycles. The number of aliphatic hydroxyl groups is 1. The van der Waals surface area contributed by atoms with E-state index >= 15 is 0 Å². The van der Waals surface area contributed by atoms with Crippen molar-refractivity contribution in [1.82, 2.24) is 0 Å². The fraction of sp³-hybridized carbons (Fsp3) is 0.222. The lowest BCUT2D eigenvalue weighted by Crippen LogP contribution is -2.47. The van der Waals surface area contributed by atoms with Gasteiger partial charge in [0.2, 0.25) is 0 Å². The Balaban J connectivity index is 1.84. The van der Waals surface area contributed by atoms with E-state index in [-0.39, 0.29) is 5.78 Å². The summed E-state index contributed by atoms with van der Waals surface area (Å²) in [4.78, 5) is 25.3. The van der Waals surface area contributed by atoms with E-state index in [1.54, 1.807) is 30.3 Å². The van der Waals surface area contributed by atoms with Gasteiger partial charge in [-0.15, -0.1) is 0 Å². The molecular weight excluding hydrogens is 314 g/mol. The molecule has 0 radical (unpaired) electrons. The van der Waals surface area contributed by atoms with E-state index in [0.717, 1.165) is 5.56 Å². The normalized spacial score (nSPS) is 25.7. The maximum absolute atomic E-state index is 12.9. The van der Waals surface area contributed by atoms with Crippen molar-refractivity contribution in [3.63, 3.8) is 0 Å². The topological polar surface area (TPSA) is 66.4 Å². The molecule has 0 saturated carbocycles. The fourth-order valence-corrected chi connectivity index (χ4v) is 3.79. The Morgan fingerprint density at radius 1 is 1.17 bits per heavy atom. The zero-order valence-electron chi connectivity index (χ0n) is 12.2. The van der Waals surface area contributed by atoms with E-state index in [9.17, 15) is 14.7 Å². The second-order valence-corrected chi connectivity index (χ2v) is 6.46. The largest absolute Gasteiger partial charge is 0.375 e. The number of fused-ring (bicyclic) bond motifs is 2. The number of rotatable bonds is 1. The van der Waals surface area contributed by atoms with Gasteiger partial charge in [-0.1, -0.05) is 35.9 Å². The lowest BCUT2D eigenvalue weighted by atomic mass is 9.71. The molecule has 1 amide bonds. The number of anilines is 1. The molecule has 0 unspecified atom stereocenters. The number of aryl methyl sites for hydroxylation is 1. The molecule has 0 saturated heterocycles. The van der Waals surface area contributed by atoms with Gasteiger partial charge in [-0.3, -0.25) is 9.59 Å². The fourth-order valence-electron chi connectivity index (χ4n) is 3.62. The Morgan fingerprint density at radius 3 is 2.78 bits per heavy atom. The molecule has 0 bridgehead atoms. The number of halogens is 1. The van der Waals surface area contributed by atoms with Gasteiger partial charge < -0.3 is 10.4 Å². The van der Waals surface area contributed by atoms with Crippen molar-refractivity contribution < 1.29 is 14.7 Å². The van der Waals surface area contributed by atoms with Crippen LogP contribution in [0.2, 0.25) is 5.02 Å². The van der Waals surface area contributed by atoms with Gasteiger partial charge in [0.05, 0.1) is 5.92 Å². The Morgan fingerprint density at radius 2 is 1.96 bits per heavy atom. The highest BCUT2D eigenvalue weighted by atomic mass is 35.5. The first kappa shape index (κ1) is 14.4. The van der Waals surface area contributed by atoms with E-state index in [1.807, 2.05) is 12.1 Å². The van der Waals surface area contributed by atoms with Gasteiger partial charge in [0.15, 0.2) is 11.4 Å². The Bertz CT molecular complexity index is 848. The SMILES string of the molecule is O=C1c2ccccc2CC[C@@H]1[C@@]1(O)C(=O)Nc2ccc(Cl)cc21. The summed E-state index contributed by atoms with van der Waals surface area (Å²) in [6.45, 7) is 0. The van der Waals surface area contributed by atoms with Gasteiger partial charge in [-0.05, 0) is 36.6 Å². The van der Waals surface area contributed by atoms with Crippen molar-refractivity contribution in [2.75, 3.05) is 5.32 Å². The minimum Gasteiger partial charge on any atom is -0.375 e. The third kappa shape index (κ3) is 1.95. The van der Waals surface area contributed by atoms with Crippen LogP contribution in [0.1, 0.15) is 27.9 Å². The summed E-state index contributed by atoms with van der Waals surface area (Å²) in [5.41, 5.74) is 0.564. The number of carbonyl (C=O) groups is 2. The molecule has 2 atom stereocenters. The van der Waals surface area contributed by atoms with Crippen LogP contribution in [0.25, 0.3) is 0 Å². The molecule has 2 aliphatic rings. The number of amides is 1. The lowest BCUT2D eigenvalue weighted by molar-refractivity contribution is -0.138. The second-order valence-electron chi connectivity index (χ2n) is 6.02. The van der Waals surface area contributed by atoms with E-state index in [4.69, 9.17) is 11.6 Å². The number of Topliss-reactive ketones (excluding diaryl/α,β-unsaturated/α-hetero) is 1. The molecule has 1 aliphatic carbocycles. The molecule has 2 N–H and O–H groups in total. The highest BCUT2D eigenvalue weighted by Crippen LogP contribution is 2.46. The highest BCUT2D eigenvalue weighted by molar-refractivity contribution is 6.31. The average molecular weight is 328 g/mol. The zero-order chi connectivity index (χ0) is 16.2. The second kappa shape index (κ2) is 4.91. The number of nitrogens with one attached hydrogen (secondary N) is 1. The summed E-state index contributed by atoms with van der Waals surface area (Å²) in [6, 6.07) is 12.2. The Labute approximate surface area is 138 Å². The summed E-state index contributed by atoms with van der Waals surface area (Å²) in [6.07, 6.45) is 1.07. The smallest absolute Gasteiger partial charge is 0.261 e. The molecule has 2 aromatic rings. The van der Waals surface area contributed by atoms with Gasteiger partial charge in [-0.25, -0.2) is 0 Å². The molecule has 5 heteroatoms. The first-order chi connectivity index (χ1) is 11.0. The highest BCUT2D eigenvalue weighted by Gasteiger charge is 2.54. The van der Waals surface area contributed by atoms with Crippen LogP contribution in [0.4, 0.5) is 5.69 Å². The molecule has 0 aromatic heterocycles. The van der Waals surface area contributed by atoms with E-state index in [1.165, 1.54) is 0 Å². The number of benzene rings is 2. The van der Waals surface area contributed by atoms with Gasteiger partial charge in [-0.2, -0.15) is 0 Å². The van der Waals surface area contributed by atoms with Crippen molar-refractivity contribution in [3.8, 4) is 0 Å². The summed E-state index contributed by atoms with van der Waals surface area (Å²) in [7, 11) is 0. The summed E-state index contributed by atoms with van der Waals surface area (Å²) < 4.78 is 0. The predicted octanol–water partition coefficient (Wildman–Crippen LogP) is 2.93. The Kier molecular flexibility index (Phi) is 3.08. The number of carbonyl (C=O) groups excluding carboxylic acids is 2. The maximum atomic E-state index is 12.9. The molecule has 4 nitrogen and oxygen atoms in total. The van der Waals surface area contributed by atoms with Crippen LogP contribution >= 0.6 is 11.6 Å². The molecule has 0 fully saturated rings. The van der Waals surface area contributed by atoms with Crippen LogP contribution in [0.15, 0.2) is 42.5 Å². The van der Waals surface area contributed by atoms with Crippen LogP contribution in [0, 0.1) is 5.92 Å². The van der Waals surface area contributed by atoms with Gasteiger partial charge in [0.1, 0.15) is 0 Å². The first-order valence-electron chi connectivity index (χ1n) is 7.48. The van der Waals surface area contributed by atoms with Crippen molar-refractivity contribution in [1.29, 1.82) is 0 Å². The van der Waals surface area contributed by atoms with Crippen LogP contribution in [-0.2, 0) is 16.8 Å². The number of hydrogen-bond acceptors (Lipinski definition) is 3. The average Bonchev–Trinajstić information content (AvgIpc) is 2.80. The minimum absolute atomic E-state index is 0.197. The third-order valence-corrected chi connectivity index (χ3v) is 5.03. The van der Waals surface area contributed by atoms with E-state index < -0.39 is 17.4 Å². The van der Waals surface area contributed by atoms with Crippen molar-refractivity contribution >= 4 is 29.0 Å². The molecule has 4 rings (SSSR count). The molecule has 23 heavy (non-hydrogen) atoms. The van der Waals surface area contributed by atoms with Crippen LogP contribution in [0.5, 0.6) is 0 Å². The Hall–Kier alpha value is -2.17. The van der Waals surface area contributed by atoms with Gasteiger partial charge >= 0.3 is 0 Å². The summed E-state index contributed by atoms with van der Waals surface area (Å²) in [5.74, 6) is -1.57. The van der Waals surface area contributed by atoms with Crippen LogP contribution < -0.4 is 5.32 Å². The zero-order valence-corrected chi connectivity index (χ0v) is 12.9. The van der Waals surface area contributed by atoms with Crippen molar-refractivity contribution in [2.45, 2.75) is 18.4 Å². The number of ketones is 1. The lowest BCUT2D eigenvalue weighted by Gasteiger charge is -2.33. The molecule has 2 aromatic carbocycles. The van der Waals surface area contributed by atoms with Gasteiger partial charge in [0, 0.05) is 21.8 Å². The summed E-state index contributed by atoms with van der Waals surface area (Å²) in [5, 5.41) is 14.2. The summed E-state index contributed by atoms with van der Waals surface area (Å²) >= 11 is 6.02. The predicted molar refractivity (Wildman–Crippen MR) is 86.6 cm³/mol. The van der Waals surface area contributed by atoms with Crippen LogP contribution in [-0.4, -0.2) is 16.8 Å². The standard InChI is InChI=1S/C18H14ClNO3/c19-11-6-8-15-14(9-11)18(23,17(22)20-15)13-7-5-10-3-1-2-4-12(10)16(13)21/h1-4,6,8-9,13,23H,5,7H2,(H,20,22)/t13-,18-/m0/s1. The molecule has 1 aliphatic heterocycles. The number of hydrogen-bond donors (Lipinski definition) is 2. The molecule has 0 spiro atoms. The quantitative estimate of drug-likeness (QED) is 0.846. The molecular formula is C18H14ClNO3. The van der Waals surface area contributed by atoms with E-state index in [2.05, 4.69) is 5.32 Å². The van der Waals surface area contributed by atoms with Crippen molar-refractivity contribution in [3.05, 3.63) is 64.2 Å². The third-order valence-electron chi connectivity index (χ3n) is 4.79. The minimum atomic E-state index is -1.87. The van der Waals surface area contributed by atoms with Crippen LogP contribution in [0.3, 0.4) is 0 Å². The van der Waals surface area contributed by atoms with Gasteiger partial charge in [0.25, 0.3) is 5.91 Å². The molecule has 116 valence electrons. The first-order valence-corrected chi connectivity index (χ1v) is 7.85. The maximum Gasteiger partial charge on any atom is 0.261 e.